The Morgan fingerprint density at radius 2 is 2.10 bits per heavy atom. The molecule has 1 aromatic rings. The summed E-state index contributed by atoms with van der Waals surface area (Å²) in [5, 5.41) is 9.61. The average molecular weight is 281 g/mol. The van der Waals surface area contributed by atoms with Crippen LogP contribution in [0.25, 0.3) is 0 Å². The third-order valence-corrected chi connectivity index (χ3v) is 3.43. The number of aryl methyl sites for hydroxylation is 1. The van der Waals surface area contributed by atoms with Crippen molar-refractivity contribution in [2.75, 3.05) is 33.5 Å². The van der Waals surface area contributed by atoms with Gasteiger partial charge >= 0.3 is 5.97 Å². The summed E-state index contributed by atoms with van der Waals surface area (Å²) in [5.41, 5.74) is 6.41. The first-order valence-corrected chi connectivity index (χ1v) is 6.64. The predicted molar refractivity (Wildman–Crippen MR) is 76.9 cm³/mol. The number of hydrogen-bond donors (Lipinski definition) is 2. The largest absolute Gasteiger partial charge is 0.481 e. The highest BCUT2D eigenvalue weighted by Gasteiger charge is 2.38. The second-order valence-electron chi connectivity index (χ2n) is 4.82. The molecule has 0 amide bonds. The maximum Gasteiger partial charge on any atom is 0.315 e. The smallest absolute Gasteiger partial charge is 0.315 e. The van der Waals surface area contributed by atoms with Gasteiger partial charge in [-0.15, -0.1) is 0 Å². The van der Waals surface area contributed by atoms with E-state index in [0.29, 0.717) is 26.2 Å². The van der Waals surface area contributed by atoms with Gasteiger partial charge < -0.3 is 20.3 Å². The van der Waals surface area contributed by atoms with Gasteiger partial charge in [0.15, 0.2) is 0 Å². The topological polar surface area (TPSA) is 81.8 Å². The average Bonchev–Trinajstić information content (AvgIpc) is 2.43. The lowest BCUT2D eigenvalue weighted by Crippen LogP contribution is -2.44. The van der Waals surface area contributed by atoms with Crippen molar-refractivity contribution in [2.24, 2.45) is 5.73 Å². The van der Waals surface area contributed by atoms with Crippen LogP contribution in [0.4, 0.5) is 0 Å². The third kappa shape index (κ3) is 4.03. The summed E-state index contributed by atoms with van der Waals surface area (Å²) in [6.45, 7) is 3.25. The maximum atomic E-state index is 11.7. The summed E-state index contributed by atoms with van der Waals surface area (Å²) < 4.78 is 10.3. The second-order valence-corrected chi connectivity index (χ2v) is 4.82. The van der Waals surface area contributed by atoms with E-state index in [4.69, 9.17) is 15.2 Å². The van der Waals surface area contributed by atoms with Crippen molar-refractivity contribution >= 4 is 5.97 Å². The molecule has 1 aromatic carbocycles. The highest BCUT2D eigenvalue weighted by atomic mass is 16.5. The van der Waals surface area contributed by atoms with Crippen molar-refractivity contribution in [3.8, 4) is 0 Å². The number of carboxylic acids is 1. The standard InChI is InChI=1S/C15H23NO4/c1-12-4-3-5-13(10-12)15(11-16,14(17)18)6-7-20-9-8-19-2/h3-5,10H,6-9,11,16H2,1-2H3,(H,17,18). The van der Waals surface area contributed by atoms with Gasteiger partial charge in [-0.25, -0.2) is 0 Å². The molecule has 0 heterocycles. The number of hydrogen-bond acceptors (Lipinski definition) is 4. The van der Waals surface area contributed by atoms with Crippen LogP contribution in [0.3, 0.4) is 0 Å². The molecule has 0 radical (unpaired) electrons. The Bertz CT molecular complexity index is 436. The van der Waals surface area contributed by atoms with E-state index >= 15 is 0 Å². The molecule has 20 heavy (non-hydrogen) atoms. The highest BCUT2D eigenvalue weighted by Crippen LogP contribution is 2.28. The molecule has 5 heteroatoms. The zero-order chi connectivity index (χ0) is 15.0. The molecule has 0 aliphatic carbocycles. The van der Waals surface area contributed by atoms with Gasteiger partial charge in [0, 0.05) is 20.3 Å². The minimum atomic E-state index is -1.10. The summed E-state index contributed by atoms with van der Waals surface area (Å²) in [7, 11) is 1.59. The molecule has 0 saturated carbocycles. The molecule has 0 aliphatic heterocycles. The number of aliphatic carboxylic acids is 1. The Hall–Kier alpha value is -1.43. The summed E-state index contributed by atoms with van der Waals surface area (Å²) in [6, 6.07) is 7.46. The molecular formula is C15H23NO4. The Balaban J connectivity index is 2.84. The molecule has 1 atom stereocenters. The van der Waals surface area contributed by atoms with Gasteiger partial charge in [0.2, 0.25) is 0 Å². The van der Waals surface area contributed by atoms with E-state index < -0.39 is 11.4 Å². The lowest BCUT2D eigenvalue weighted by molar-refractivity contribution is -0.144. The number of ether oxygens (including phenoxy) is 2. The van der Waals surface area contributed by atoms with Gasteiger partial charge in [-0.2, -0.15) is 0 Å². The van der Waals surface area contributed by atoms with Crippen LogP contribution >= 0.6 is 0 Å². The van der Waals surface area contributed by atoms with Crippen molar-refractivity contribution < 1.29 is 19.4 Å². The lowest BCUT2D eigenvalue weighted by atomic mass is 9.77. The Labute approximate surface area is 119 Å². The first-order valence-electron chi connectivity index (χ1n) is 6.64. The zero-order valence-electron chi connectivity index (χ0n) is 12.1. The molecule has 0 aromatic heterocycles. The number of carboxylic acid groups (broad SMARTS) is 1. The van der Waals surface area contributed by atoms with Crippen LogP contribution in [0.5, 0.6) is 0 Å². The fraction of sp³-hybridized carbons (Fsp3) is 0.533. The lowest BCUT2D eigenvalue weighted by Gasteiger charge is -2.28. The van der Waals surface area contributed by atoms with E-state index in [-0.39, 0.29) is 6.54 Å². The first-order chi connectivity index (χ1) is 9.56. The molecule has 0 bridgehead atoms. The Morgan fingerprint density at radius 3 is 2.65 bits per heavy atom. The molecule has 0 spiro atoms. The third-order valence-electron chi connectivity index (χ3n) is 3.43. The van der Waals surface area contributed by atoms with Gasteiger partial charge in [-0.1, -0.05) is 29.8 Å². The summed E-state index contributed by atoms with van der Waals surface area (Å²) >= 11 is 0. The van der Waals surface area contributed by atoms with Gasteiger partial charge in [0.1, 0.15) is 5.41 Å². The fourth-order valence-electron chi connectivity index (χ4n) is 2.12. The molecule has 3 N–H and O–H groups in total. The first kappa shape index (κ1) is 16.6. The molecule has 1 rings (SSSR count). The van der Waals surface area contributed by atoms with Crippen LogP contribution < -0.4 is 5.73 Å². The van der Waals surface area contributed by atoms with Gasteiger partial charge in [0.25, 0.3) is 0 Å². The van der Waals surface area contributed by atoms with Crippen LogP contribution in [-0.2, 0) is 19.7 Å². The van der Waals surface area contributed by atoms with Crippen molar-refractivity contribution in [1.82, 2.24) is 0 Å². The minimum Gasteiger partial charge on any atom is -0.481 e. The van der Waals surface area contributed by atoms with E-state index in [1.54, 1.807) is 7.11 Å². The number of nitrogens with two attached hydrogens (primary N) is 1. The van der Waals surface area contributed by atoms with Crippen LogP contribution in [0, 0.1) is 6.92 Å². The summed E-state index contributed by atoms with van der Waals surface area (Å²) in [6.07, 6.45) is 0.339. The fourth-order valence-corrected chi connectivity index (χ4v) is 2.12. The predicted octanol–water partition coefficient (Wildman–Crippen LogP) is 1.33. The minimum absolute atomic E-state index is 0.0411. The van der Waals surface area contributed by atoms with Crippen molar-refractivity contribution in [3.63, 3.8) is 0 Å². The van der Waals surface area contributed by atoms with E-state index in [1.807, 2.05) is 31.2 Å². The molecule has 5 nitrogen and oxygen atoms in total. The monoisotopic (exact) mass is 281 g/mol. The summed E-state index contributed by atoms with van der Waals surface area (Å²) in [4.78, 5) is 11.7. The SMILES string of the molecule is COCCOCCC(CN)(C(=O)O)c1cccc(C)c1. The van der Waals surface area contributed by atoms with Crippen LogP contribution in [0.1, 0.15) is 17.5 Å². The van der Waals surface area contributed by atoms with E-state index in [9.17, 15) is 9.90 Å². The number of carbonyl (C=O) groups is 1. The second kappa shape index (κ2) is 7.99. The molecule has 0 aliphatic rings. The number of rotatable bonds is 9. The number of benzene rings is 1. The molecule has 0 fully saturated rings. The van der Waals surface area contributed by atoms with Crippen molar-refractivity contribution in [1.29, 1.82) is 0 Å². The van der Waals surface area contributed by atoms with E-state index in [2.05, 4.69) is 0 Å². The highest BCUT2D eigenvalue weighted by molar-refractivity contribution is 5.81. The number of methoxy groups -OCH3 is 1. The molecule has 112 valence electrons. The normalized spacial score (nSPS) is 13.9. The quantitative estimate of drug-likeness (QED) is 0.667. The zero-order valence-corrected chi connectivity index (χ0v) is 12.1. The van der Waals surface area contributed by atoms with E-state index in [0.717, 1.165) is 11.1 Å². The van der Waals surface area contributed by atoms with Crippen LogP contribution in [0.15, 0.2) is 24.3 Å². The van der Waals surface area contributed by atoms with Gasteiger partial charge in [-0.3, -0.25) is 4.79 Å². The van der Waals surface area contributed by atoms with Crippen molar-refractivity contribution in [3.05, 3.63) is 35.4 Å². The van der Waals surface area contributed by atoms with Crippen LogP contribution in [0.2, 0.25) is 0 Å². The Kier molecular flexibility index (Phi) is 6.64. The molecular weight excluding hydrogens is 258 g/mol. The maximum absolute atomic E-state index is 11.7. The van der Waals surface area contributed by atoms with Crippen LogP contribution in [-0.4, -0.2) is 44.6 Å². The Morgan fingerprint density at radius 1 is 1.35 bits per heavy atom. The van der Waals surface area contributed by atoms with E-state index in [1.165, 1.54) is 0 Å². The summed E-state index contributed by atoms with van der Waals surface area (Å²) in [5.74, 6) is -0.916. The van der Waals surface area contributed by atoms with Gasteiger partial charge in [0.05, 0.1) is 13.2 Å². The molecule has 1 unspecified atom stereocenters. The van der Waals surface area contributed by atoms with Gasteiger partial charge in [-0.05, 0) is 18.9 Å². The molecule has 0 saturated heterocycles. The van der Waals surface area contributed by atoms with Crippen molar-refractivity contribution in [2.45, 2.75) is 18.8 Å².